The Labute approximate surface area is 97.6 Å². The van der Waals surface area contributed by atoms with Crippen LogP contribution < -0.4 is 10.5 Å². The fraction of sp³-hybridized carbons (Fsp3) is 0.538. The summed E-state index contributed by atoms with van der Waals surface area (Å²) in [6.45, 7) is 5.55. The van der Waals surface area contributed by atoms with Gasteiger partial charge in [-0.3, -0.25) is 0 Å². The Hall–Kier alpha value is -1.22. The van der Waals surface area contributed by atoms with E-state index in [1.54, 1.807) is 7.11 Å². The van der Waals surface area contributed by atoms with Crippen molar-refractivity contribution >= 4 is 5.69 Å². The van der Waals surface area contributed by atoms with E-state index >= 15 is 0 Å². The molecule has 0 spiro atoms. The third-order valence-electron chi connectivity index (χ3n) is 2.56. The third-order valence-corrected chi connectivity index (χ3v) is 2.56. The first-order valence-corrected chi connectivity index (χ1v) is 5.63. The minimum atomic E-state index is 0.715. The molecule has 0 heterocycles. The number of rotatable bonds is 6. The van der Waals surface area contributed by atoms with Gasteiger partial charge < -0.3 is 15.2 Å². The van der Waals surface area contributed by atoms with Crippen LogP contribution in [0.25, 0.3) is 0 Å². The van der Waals surface area contributed by atoms with E-state index in [2.05, 4.69) is 6.07 Å². The molecule has 0 aromatic heterocycles. The highest BCUT2D eigenvalue weighted by molar-refractivity contribution is 5.54. The number of benzene rings is 1. The summed E-state index contributed by atoms with van der Waals surface area (Å²) in [4.78, 5) is 0. The monoisotopic (exact) mass is 223 g/mol. The summed E-state index contributed by atoms with van der Waals surface area (Å²) in [5, 5.41) is 0. The predicted octanol–water partition coefficient (Wildman–Crippen LogP) is 2.69. The van der Waals surface area contributed by atoms with Gasteiger partial charge in [-0.2, -0.15) is 0 Å². The van der Waals surface area contributed by atoms with Crippen LogP contribution in [0.15, 0.2) is 12.1 Å². The van der Waals surface area contributed by atoms with Crippen molar-refractivity contribution in [1.29, 1.82) is 0 Å². The van der Waals surface area contributed by atoms with E-state index in [1.165, 1.54) is 0 Å². The molecular weight excluding hydrogens is 202 g/mol. The number of methoxy groups -OCH3 is 1. The van der Waals surface area contributed by atoms with E-state index in [1.807, 2.05) is 19.9 Å². The fourth-order valence-corrected chi connectivity index (χ4v) is 1.53. The lowest BCUT2D eigenvalue weighted by Crippen LogP contribution is -2.02. The highest BCUT2D eigenvalue weighted by Crippen LogP contribution is 2.24. The maximum atomic E-state index is 5.84. The van der Waals surface area contributed by atoms with Crippen LogP contribution in [0, 0.1) is 13.8 Å². The summed E-state index contributed by atoms with van der Waals surface area (Å²) < 4.78 is 10.7. The maximum absolute atomic E-state index is 5.84. The Kier molecular flexibility index (Phi) is 5.12. The van der Waals surface area contributed by atoms with Gasteiger partial charge in [-0.1, -0.05) is 6.07 Å². The van der Waals surface area contributed by atoms with Crippen molar-refractivity contribution in [3.05, 3.63) is 23.3 Å². The highest BCUT2D eigenvalue weighted by Gasteiger charge is 2.03. The van der Waals surface area contributed by atoms with Crippen molar-refractivity contribution in [2.24, 2.45) is 0 Å². The van der Waals surface area contributed by atoms with Crippen LogP contribution >= 0.6 is 0 Å². The van der Waals surface area contributed by atoms with E-state index < -0.39 is 0 Å². The summed E-state index contributed by atoms with van der Waals surface area (Å²) in [7, 11) is 1.71. The standard InChI is InChI=1S/C13H21NO2/c1-10-8-11(2)13(9-12(10)14)16-7-5-4-6-15-3/h8-9H,4-7,14H2,1-3H3. The minimum absolute atomic E-state index is 0.715. The van der Waals surface area contributed by atoms with E-state index in [0.717, 1.165) is 42.0 Å². The molecule has 0 radical (unpaired) electrons. The molecule has 16 heavy (non-hydrogen) atoms. The topological polar surface area (TPSA) is 44.5 Å². The number of hydrogen-bond donors (Lipinski definition) is 1. The Morgan fingerprint density at radius 2 is 1.75 bits per heavy atom. The Morgan fingerprint density at radius 3 is 2.44 bits per heavy atom. The molecule has 1 rings (SSSR count). The fourth-order valence-electron chi connectivity index (χ4n) is 1.53. The van der Waals surface area contributed by atoms with Crippen LogP contribution in [-0.2, 0) is 4.74 Å². The molecule has 0 amide bonds. The lowest BCUT2D eigenvalue weighted by Gasteiger charge is -2.11. The molecule has 0 fully saturated rings. The summed E-state index contributed by atoms with van der Waals surface area (Å²) in [6.07, 6.45) is 2.03. The second-order valence-electron chi connectivity index (χ2n) is 4.02. The zero-order valence-electron chi connectivity index (χ0n) is 10.4. The maximum Gasteiger partial charge on any atom is 0.124 e. The van der Waals surface area contributed by atoms with Crippen LogP contribution in [0.4, 0.5) is 5.69 Å². The predicted molar refractivity (Wildman–Crippen MR) is 66.9 cm³/mol. The summed E-state index contributed by atoms with van der Waals surface area (Å²) in [6, 6.07) is 3.96. The quantitative estimate of drug-likeness (QED) is 0.595. The van der Waals surface area contributed by atoms with Crippen LogP contribution in [0.5, 0.6) is 5.75 Å². The number of anilines is 1. The molecule has 0 aliphatic carbocycles. The Balaban J connectivity index is 2.45. The summed E-state index contributed by atoms with van der Waals surface area (Å²) in [5.41, 5.74) is 8.87. The molecule has 0 atom stereocenters. The zero-order valence-corrected chi connectivity index (χ0v) is 10.4. The number of nitrogens with two attached hydrogens (primary N) is 1. The van der Waals surface area contributed by atoms with Gasteiger partial charge in [0, 0.05) is 25.5 Å². The first kappa shape index (κ1) is 12.8. The minimum Gasteiger partial charge on any atom is -0.493 e. The van der Waals surface area contributed by atoms with Crippen molar-refractivity contribution in [3.63, 3.8) is 0 Å². The summed E-state index contributed by atoms with van der Waals surface area (Å²) >= 11 is 0. The average molecular weight is 223 g/mol. The van der Waals surface area contributed by atoms with Gasteiger partial charge in [-0.05, 0) is 37.8 Å². The molecule has 0 unspecified atom stereocenters. The number of hydrogen-bond acceptors (Lipinski definition) is 3. The van der Waals surface area contributed by atoms with Crippen LogP contribution in [0.1, 0.15) is 24.0 Å². The number of nitrogen functional groups attached to an aromatic ring is 1. The number of aryl methyl sites for hydroxylation is 2. The van der Waals surface area contributed by atoms with E-state index in [9.17, 15) is 0 Å². The van der Waals surface area contributed by atoms with E-state index in [4.69, 9.17) is 15.2 Å². The van der Waals surface area contributed by atoms with Gasteiger partial charge in [0.1, 0.15) is 5.75 Å². The molecule has 0 aliphatic heterocycles. The average Bonchev–Trinajstić information content (AvgIpc) is 2.25. The van der Waals surface area contributed by atoms with Gasteiger partial charge in [-0.15, -0.1) is 0 Å². The molecule has 1 aromatic rings. The molecule has 0 bridgehead atoms. The van der Waals surface area contributed by atoms with E-state index in [-0.39, 0.29) is 0 Å². The molecule has 0 saturated carbocycles. The SMILES string of the molecule is COCCCCOc1cc(N)c(C)cc1C. The van der Waals surface area contributed by atoms with Crippen molar-refractivity contribution in [3.8, 4) is 5.75 Å². The first-order chi connectivity index (χ1) is 7.65. The zero-order chi connectivity index (χ0) is 12.0. The Bertz CT molecular complexity index is 337. The Morgan fingerprint density at radius 1 is 1.06 bits per heavy atom. The van der Waals surface area contributed by atoms with Crippen molar-refractivity contribution in [2.75, 3.05) is 26.1 Å². The molecular formula is C13H21NO2. The van der Waals surface area contributed by atoms with Gasteiger partial charge in [0.25, 0.3) is 0 Å². The van der Waals surface area contributed by atoms with Gasteiger partial charge in [0.05, 0.1) is 6.61 Å². The summed E-state index contributed by atoms with van der Waals surface area (Å²) in [5.74, 6) is 0.889. The molecule has 1 aromatic carbocycles. The van der Waals surface area contributed by atoms with Gasteiger partial charge in [-0.25, -0.2) is 0 Å². The normalized spacial score (nSPS) is 10.4. The van der Waals surface area contributed by atoms with Crippen LogP contribution in [0.3, 0.4) is 0 Å². The molecule has 90 valence electrons. The molecule has 0 aliphatic rings. The molecule has 3 heteroatoms. The second-order valence-corrected chi connectivity index (χ2v) is 4.02. The van der Waals surface area contributed by atoms with Crippen molar-refractivity contribution in [1.82, 2.24) is 0 Å². The van der Waals surface area contributed by atoms with Crippen LogP contribution in [0.2, 0.25) is 0 Å². The lowest BCUT2D eigenvalue weighted by atomic mass is 10.1. The molecule has 3 nitrogen and oxygen atoms in total. The lowest BCUT2D eigenvalue weighted by molar-refractivity contribution is 0.184. The number of unbranched alkanes of at least 4 members (excludes halogenated alkanes) is 1. The van der Waals surface area contributed by atoms with Gasteiger partial charge in [0.15, 0.2) is 0 Å². The second kappa shape index (κ2) is 6.38. The van der Waals surface area contributed by atoms with Gasteiger partial charge in [0.2, 0.25) is 0 Å². The molecule has 2 N–H and O–H groups in total. The van der Waals surface area contributed by atoms with Crippen molar-refractivity contribution < 1.29 is 9.47 Å². The van der Waals surface area contributed by atoms with E-state index in [0.29, 0.717) is 6.61 Å². The van der Waals surface area contributed by atoms with Crippen LogP contribution in [-0.4, -0.2) is 20.3 Å². The number of ether oxygens (including phenoxy) is 2. The smallest absolute Gasteiger partial charge is 0.124 e. The van der Waals surface area contributed by atoms with Crippen molar-refractivity contribution in [2.45, 2.75) is 26.7 Å². The largest absolute Gasteiger partial charge is 0.493 e. The van der Waals surface area contributed by atoms with Gasteiger partial charge >= 0.3 is 0 Å². The third kappa shape index (κ3) is 3.74. The highest BCUT2D eigenvalue weighted by atomic mass is 16.5. The molecule has 0 saturated heterocycles. The first-order valence-electron chi connectivity index (χ1n) is 5.63.